The Hall–Kier alpha value is -2.41. The predicted molar refractivity (Wildman–Crippen MR) is 112 cm³/mol. The summed E-state index contributed by atoms with van der Waals surface area (Å²) in [6.07, 6.45) is 1.30. The van der Waals surface area contributed by atoms with E-state index in [2.05, 4.69) is 44.4 Å². The van der Waals surface area contributed by atoms with E-state index in [0.29, 0.717) is 23.4 Å². The fourth-order valence-electron chi connectivity index (χ4n) is 2.22. The molecule has 0 aliphatic rings. The van der Waals surface area contributed by atoms with E-state index in [1.165, 1.54) is 28.0 Å². The second-order valence-electron chi connectivity index (χ2n) is 5.43. The number of nitrogens with one attached hydrogen (secondary N) is 2. The van der Waals surface area contributed by atoms with Crippen LogP contribution in [-0.4, -0.2) is 28.4 Å². The van der Waals surface area contributed by atoms with Gasteiger partial charge in [-0.15, -0.1) is 21.5 Å². The Morgan fingerprint density at radius 2 is 2.11 bits per heavy atom. The molecule has 3 rings (SSSR count). The summed E-state index contributed by atoms with van der Waals surface area (Å²) >= 11 is 4.74. The summed E-state index contributed by atoms with van der Waals surface area (Å²) in [4.78, 5) is 13.4. The van der Waals surface area contributed by atoms with Crippen LogP contribution in [-0.2, 0) is 11.2 Å². The minimum atomic E-state index is -0.121. The van der Waals surface area contributed by atoms with Crippen molar-refractivity contribution in [3.8, 4) is 6.07 Å². The van der Waals surface area contributed by atoms with Gasteiger partial charge >= 0.3 is 0 Å². The van der Waals surface area contributed by atoms with Crippen LogP contribution in [0.15, 0.2) is 46.1 Å². The van der Waals surface area contributed by atoms with Gasteiger partial charge < -0.3 is 10.6 Å². The minimum Gasteiger partial charge on any atom is -0.360 e. The largest absolute Gasteiger partial charge is 0.360 e. The molecule has 0 spiro atoms. The molecule has 0 aliphatic heterocycles. The Morgan fingerprint density at radius 3 is 2.93 bits per heavy atom. The van der Waals surface area contributed by atoms with E-state index < -0.39 is 0 Å². The van der Waals surface area contributed by atoms with Gasteiger partial charge in [0.15, 0.2) is 4.34 Å². The van der Waals surface area contributed by atoms with E-state index in [-0.39, 0.29) is 5.91 Å². The van der Waals surface area contributed by atoms with Crippen LogP contribution in [0.5, 0.6) is 0 Å². The first kappa shape index (κ1) is 19.4. The van der Waals surface area contributed by atoms with Crippen molar-refractivity contribution in [2.24, 2.45) is 0 Å². The number of carbonyl (C=O) groups excluding carboxylic acids is 1. The molecular weight excluding hydrogens is 398 g/mol. The van der Waals surface area contributed by atoms with Crippen molar-refractivity contribution in [1.82, 2.24) is 10.2 Å². The molecule has 6 nitrogen and oxygen atoms in total. The fourth-order valence-corrected chi connectivity index (χ4v) is 4.72. The molecule has 27 heavy (non-hydrogen) atoms. The van der Waals surface area contributed by atoms with Gasteiger partial charge in [-0.05, 0) is 30.0 Å². The van der Waals surface area contributed by atoms with E-state index in [0.717, 1.165) is 22.4 Å². The molecule has 0 atom stereocenters. The number of aromatic nitrogens is 2. The quantitative estimate of drug-likeness (QED) is 0.508. The summed E-state index contributed by atoms with van der Waals surface area (Å²) in [6, 6.07) is 13.2. The topological polar surface area (TPSA) is 90.7 Å². The van der Waals surface area contributed by atoms with Crippen LogP contribution in [0.4, 0.5) is 10.8 Å². The summed E-state index contributed by atoms with van der Waals surface area (Å²) in [5, 5.41) is 26.2. The van der Waals surface area contributed by atoms with Gasteiger partial charge in [0.1, 0.15) is 6.07 Å². The summed E-state index contributed by atoms with van der Waals surface area (Å²) < 4.78 is 0.832. The van der Waals surface area contributed by atoms with Gasteiger partial charge in [-0.25, -0.2) is 0 Å². The minimum absolute atomic E-state index is 0.121. The van der Waals surface area contributed by atoms with Crippen LogP contribution in [0.25, 0.3) is 0 Å². The summed E-state index contributed by atoms with van der Waals surface area (Å²) in [5.41, 5.74) is 1.00. The van der Waals surface area contributed by atoms with Gasteiger partial charge in [0.05, 0.1) is 11.3 Å². The molecule has 0 bridgehead atoms. The number of benzene rings is 1. The zero-order valence-corrected chi connectivity index (χ0v) is 16.8. The fraction of sp³-hybridized carbons (Fsp3) is 0.222. The molecule has 0 fully saturated rings. The third kappa shape index (κ3) is 6.06. The average Bonchev–Trinajstić information content (AvgIpc) is 3.34. The Morgan fingerprint density at radius 1 is 1.22 bits per heavy atom. The Labute approximate surface area is 169 Å². The third-order valence-corrected chi connectivity index (χ3v) is 6.46. The van der Waals surface area contributed by atoms with E-state index >= 15 is 0 Å². The van der Waals surface area contributed by atoms with Crippen molar-refractivity contribution in [2.45, 2.75) is 17.2 Å². The van der Waals surface area contributed by atoms with E-state index in [1.807, 2.05) is 0 Å². The molecule has 3 aromatic rings. The van der Waals surface area contributed by atoms with Crippen molar-refractivity contribution in [3.63, 3.8) is 0 Å². The average molecular weight is 416 g/mol. The van der Waals surface area contributed by atoms with Crippen molar-refractivity contribution in [1.29, 1.82) is 5.26 Å². The van der Waals surface area contributed by atoms with Gasteiger partial charge in [-0.3, -0.25) is 4.79 Å². The lowest BCUT2D eigenvalue weighted by molar-refractivity contribution is -0.115. The van der Waals surface area contributed by atoms with Crippen LogP contribution >= 0.6 is 34.4 Å². The number of para-hydroxylation sites is 1. The first-order valence-electron chi connectivity index (χ1n) is 8.26. The summed E-state index contributed by atoms with van der Waals surface area (Å²) in [6.45, 7) is 0.820. The second kappa shape index (κ2) is 10.1. The number of thioether (sulfide) groups is 1. The zero-order chi connectivity index (χ0) is 18.9. The molecule has 0 saturated heterocycles. The maximum absolute atomic E-state index is 12.1. The lowest BCUT2D eigenvalue weighted by Crippen LogP contribution is -2.13. The van der Waals surface area contributed by atoms with Crippen LogP contribution in [0.3, 0.4) is 0 Å². The number of carbonyl (C=O) groups is 1. The van der Waals surface area contributed by atoms with Crippen LogP contribution in [0.2, 0.25) is 0 Å². The molecule has 138 valence electrons. The van der Waals surface area contributed by atoms with Gasteiger partial charge in [-0.1, -0.05) is 41.3 Å². The smallest absolute Gasteiger partial charge is 0.225 e. The summed E-state index contributed by atoms with van der Waals surface area (Å²) in [7, 11) is 0. The SMILES string of the molecule is N#Cc1ccccc1NC(=O)CCSc1nnc(NCCc2cccs2)s1. The number of nitrogens with zero attached hydrogens (tertiary/aromatic N) is 3. The number of nitriles is 1. The molecule has 1 amide bonds. The number of amides is 1. The molecule has 2 N–H and O–H groups in total. The number of thiophene rings is 1. The second-order valence-corrected chi connectivity index (χ2v) is 8.79. The molecule has 0 saturated carbocycles. The molecule has 0 radical (unpaired) electrons. The molecule has 0 aliphatic carbocycles. The standard InChI is InChI=1S/C18H17N5OS3/c19-12-13-4-1-2-6-15(13)21-16(24)8-11-26-18-23-22-17(27-18)20-9-7-14-5-3-10-25-14/h1-6,10H,7-9,11H2,(H,20,22)(H,21,24). The molecule has 2 heterocycles. The van der Waals surface area contributed by atoms with Gasteiger partial charge in [0.25, 0.3) is 0 Å². The number of hydrogen-bond acceptors (Lipinski definition) is 8. The highest BCUT2D eigenvalue weighted by Crippen LogP contribution is 2.26. The van der Waals surface area contributed by atoms with Crippen LogP contribution < -0.4 is 10.6 Å². The van der Waals surface area contributed by atoms with Crippen molar-refractivity contribution in [2.75, 3.05) is 22.9 Å². The van der Waals surface area contributed by atoms with E-state index in [1.54, 1.807) is 35.6 Å². The molecule has 2 aromatic heterocycles. The summed E-state index contributed by atoms with van der Waals surface area (Å²) in [5.74, 6) is 0.480. The Kier molecular flexibility index (Phi) is 7.21. The highest BCUT2D eigenvalue weighted by atomic mass is 32.2. The third-order valence-electron chi connectivity index (χ3n) is 3.51. The molecule has 0 unspecified atom stereocenters. The maximum atomic E-state index is 12.1. The molecule has 1 aromatic carbocycles. The van der Waals surface area contributed by atoms with Gasteiger partial charge in [0, 0.05) is 23.6 Å². The zero-order valence-electron chi connectivity index (χ0n) is 14.3. The predicted octanol–water partition coefficient (Wildman–Crippen LogP) is 4.25. The lowest BCUT2D eigenvalue weighted by atomic mass is 10.2. The van der Waals surface area contributed by atoms with E-state index in [4.69, 9.17) is 5.26 Å². The monoisotopic (exact) mass is 415 g/mol. The van der Waals surface area contributed by atoms with Crippen molar-refractivity contribution >= 4 is 51.2 Å². The van der Waals surface area contributed by atoms with Crippen molar-refractivity contribution in [3.05, 3.63) is 52.2 Å². The highest BCUT2D eigenvalue weighted by molar-refractivity contribution is 8.01. The highest BCUT2D eigenvalue weighted by Gasteiger charge is 2.09. The van der Waals surface area contributed by atoms with Crippen LogP contribution in [0.1, 0.15) is 16.9 Å². The normalized spacial score (nSPS) is 10.3. The molecule has 9 heteroatoms. The number of anilines is 2. The lowest BCUT2D eigenvalue weighted by Gasteiger charge is -2.05. The first-order valence-corrected chi connectivity index (χ1v) is 10.9. The Balaban J connectivity index is 1.38. The first-order chi connectivity index (χ1) is 13.2. The van der Waals surface area contributed by atoms with Gasteiger partial charge in [0.2, 0.25) is 11.0 Å². The number of hydrogen-bond donors (Lipinski definition) is 2. The number of rotatable bonds is 9. The maximum Gasteiger partial charge on any atom is 0.225 e. The Bertz CT molecular complexity index is 917. The van der Waals surface area contributed by atoms with Gasteiger partial charge in [-0.2, -0.15) is 5.26 Å². The van der Waals surface area contributed by atoms with Crippen molar-refractivity contribution < 1.29 is 4.79 Å². The molecular formula is C18H17N5OS3. The van der Waals surface area contributed by atoms with Crippen LogP contribution in [0, 0.1) is 11.3 Å². The van der Waals surface area contributed by atoms with E-state index in [9.17, 15) is 4.79 Å².